The molecule has 0 amide bonds. The molecule has 0 saturated carbocycles. The minimum atomic E-state index is -0.395. The van der Waals surface area contributed by atoms with E-state index < -0.39 is 4.92 Å². The second-order valence-corrected chi connectivity index (χ2v) is 6.03. The predicted molar refractivity (Wildman–Crippen MR) is 81.0 cm³/mol. The average Bonchev–Trinajstić information content (AvgIpc) is 2.36. The average molecular weight is 273 g/mol. The van der Waals surface area contributed by atoms with Gasteiger partial charge in [0.25, 0.3) is 5.69 Å². The van der Waals surface area contributed by atoms with E-state index >= 15 is 0 Å². The van der Waals surface area contributed by atoms with E-state index in [-0.39, 0.29) is 11.1 Å². The Hall–Kier alpha value is -2.17. The van der Waals surface area contributed by atoms with E-state index in [4.69, 9.17) is 0 Å². The Morgan fingerprint density at radius 3 is 2.70 bits per heavy atom. The van der Waals surface area contributed by atoms with Crippen LogP contribution in [-0.4, -0.2) is 16.5 Å². The van der Waals surface area contributed by atoms with Crippen LogP contribution in [0.5, 0.6) is 0 Å². The Morgan fingerprint density at radius 2 is 2.05 bits per heavy atom. The number of anilines is 1. The number of para-hydroxylation sites is 1. The molecule has 0 fully saturated rings. The quantitative estimate of drug-likeness (QED) is 0.675. The SMILES string of the molecule is CC(C)(C)CCNc1ccnc2c([N+](=O)[O-])cccc12. The number of nitro benzene ring substituents is 1. The number of benzene rings is 1. The highest BCUT2D eigenvalue weighted by Crippen LogP contribution is 2.29. The Bertz CT molecular complexity index is 633. The molecule has 1 N–H and O–H groups in total. The van der Waals surface area contributed by atoms with Gasteiger partial charge in [0.05, 0.1) is 4.92 Å². The van der Waals surface area contributed by atoms with Crippen LogP contribution in [0.3, 0.4) is 0 Å². The van der Waals surface area contributed by atoms with Gasteiger partial charge in [-0.15, -0.1) is 0 Å². The number of pyridine rings is 1. The Labute approximate surface area is 118 Å². The van der Waals surface area contributed by atoms with Gasteiger partial charge in [-0.25, -0.2) is 4.98 Å². The lowest BCUT2D eigenvalue weighted by Gasteiger charge is -2.19. The third-order valence-corrected chi connectivity index (χ3v) is 3.14. The summed E-state index contributed by atoms with van der Waals surface area (Å²) in [4.78, 5) is 14.8. The van der Waals surface area contributed by atoms with E-state index in [0.29, 0.717) is 5.52 Å². The third-order valence-electron chi connectivity index (χ3n) is 3.14. The van der Waals surface area contributed by atoms with Crippen LogP contribution < -0.4 is 5.32 Å². The summed E-state index contributed by atoms with van der Waals surface area (Å²) in [6, 6.07) is 6.88. The monoisotopic (exact) mass is 273 g/mol. The molecule has 1 heterocycles. The van der Waals surface area contributed by atoms with Crippen molar-refractivity contribution in [3.63, 3.8) is 0 Å². The van der Waals surface area contributed by atoms with Crippen LogP contribution in [0.1, 0.15) is 27.2 Å². The maximum Gasteiger partial charge on any atom is 0.295 e. The van der Waals surface area contributed by atoms with Gasteiger partial charge in [0.1, 0.15) is 5.52 Å². The first-order valence-electron chi connectivity index (χ1n) is 6.64. The van der Waals surface area contributed by atoms with Gasteiger partial charge in [0, 0.05) is 29.9 Å². The molecule has 20 heavy (non-hydrogen) atoms. The summed E-state index contributed by atoms with van der Waals surface area (Å²) in [6.45, 7) is 7.38. The molecule has 0 unspecified atom stereocenters. The van der Waals surface area contributed by atoms with Gasteiger partial charge in [0.2, 0.25) is 0 Å². The van der Waals surface area contributed by atoms with Crippen molar-refractivity contribution in [2.75, 3.05) is 11.9 Å². The fourth-order valence-corrected chi connectivity index (χ4v) is 2.03. The zero-order chi connectivity index (χ0) is 14.8. The van der Waals surface area contributed by atoms with Crippen molar-refractivity contribution < 1.29 is 4.92 Å². The molecular weight excluding hydrogens is 254 g/mol. The third kappa shape index (κ3) is 3.23. The van der Waals surface area contributed by atoms with Crippen LogP contribution in [-0.2, 0) is 0 Å². The summed E-state index contributed by atoms with van der Waals surface area (Å²) < 4.78 is 0. The summed E-state index contributed by atoms with van der Waals surface area (Å²) in [5, 5.41) is 15.2. The molecule has 0 aliphatic heterocycles. The molecule has 1 aromatic carbocycles. The van der Waals surface area contributed by atoms with Gasteiger partial charge in [-0.05, 0) is 17.9 Å². The van der Waals surface area contributed by atoms with Crippen LogP contribution in [0.25, 0.3) is 10.9 Å². The molecule has 0 atom stereocenters. The molecule has 0 saturated heterocycles. The van der Waals surface area contributed by atoms with Crippen LogP contribution in [0.4, 0.5) is 11.4 Å². The molecule has 106 valence electrons. The molecule has 5 nitrogen and oxygen atoms in total. The van der Waals surface area contributed by atoms with Gasteiger partial charge in [-0.3, -0.25) is 10.1 Å². The number of hydrogen-bond donors (Lipinski definition) is 1. The number of rotatable bonds is 4. The van der Waals surface area contributed by atoms with E-state index in [1.807, 2.05) is 12.1 Å². The molecule has 2 aromatic rings. The maximum absolute atomic E-state index is 11.0. The van der Waals surface area contributed by atoms with Crippen molar-refractivity contribution in [2.45, 2.75) is 27.2 Å². The Kier molecular flexibility index (Phi) is 3.88. The topological polar surface area (TPSA) is 68.1 Å². The molecular formula is C15H19N3O2. The van der Waals surface area contributed by atoms with E-state index in [1.165, 1.54) is 6.07 Å². The van der Waals surface area contributed by atoms with Crippen molar-refractivity contribution in [1.82, 2.24) is 4.98 Å². The first-order valence-corrected chi connectivity index (χ1v) is 6.64. The van der Waals surface area contributed by atoms with E-state index in [0.717, 1.165) is 24.0 Å². The second-order valence-electron chi connectivity index (χ2n) is 6.03. The van der Waals surface area contributed by atoms with Gasteiger partial charge in [0.15, 0.2) is 0 Å². The highest BCUT2D eigenvalue weighted by atomic mass is 16.6. The largest absolute Gasteiger partial charge is 0.384 e. The number of nitrogens with one attached hydrogen (secondary N) is 1. The lowest BCUT2D eigenvalue weighted by molar-refractivity contribution is -0.383. The molecule has 5 heteroatoms. The molecule has 0 spiro atoms. The summed E-state index contributed by atoms with van der Waals surface area (Å²) in [5.74, 6) is 0. The predicted octanol–water partition coefficient (Wildman–Crippen LogP) is 3.99. The highest BCUT2D eigenvalue weighted by molar-refractivity contribution is 5.96. The number of fused-ring (bicyclic) bond motifs is 1. The lowest BCUT2D eigenvalue weighted by Crippen LogP contribution is -2.13. The zero-order valence-corrected chi connectivity index (χ0v) is 12.0. The highest BCUT2D eigenvalue weighted by Gasteiger charge is 2.15. The first-order chi connectivity index (χ1) is 9.38. The zero-order valence-electron chi connectivity index (χ0n) is 12.0. The van der Waals surface area contributed by atoms with Crippen molar-refractivity contribution in [2.24, 2.45) is 5.41 Å². The number of hydrogen-bond acceptors (Lipinski definition) is 4. The first kappa shape index (κ1) is 14.2. The van der Waals surface area contributed by atoms with Crippen LogP contribution >= 0.6 is 0 Å². The van der Waals surface area contributed by atoms with Crippen molar-refractivity contribution >= 4 is 22.3 Å². The number of nitro groups is 1. The normalized spacial score (nSPS) is 11.6. The van der Waals surface area contributed by atoms with Gasteiger partial charge in [-0.1, -0.05) is 32.9 Å². The standard InChI is InChI=1S/C15H19N3O2/c1-15(2,3)8-10-16-12-7-9-17-14-11(12)5-4-6-13(14)18(19)20/h4-7,9H,8,10H2,1-3H3,(H,16,17). The Morgan fingerprint density at radius 1 is 1.30 bits per heavy atom. The van der Waals surface area contributed by atoms with Crippen LogP contribution in [0.2, 0.25) is 0 Å². The molecule has 0 bridgehead atoms. The van der Waals surface area contributed by atoms with Gasteiger partial charge < -0.3 is 5.32 Å². The van der Waals surface area contributed by atoms with E-state index in [2.05, 4.69) is 31.1 Å². The smallest absolute Gasteiger partial charge is 0.295 e. The van der Waals surface area contributed by atoms with E-state index in [1.54, 1.807) is 12.3 Å². The molecule has 0 aliphatic carbocycles. The fourth-order valence-electron chi connectivity index (χ4n) is 2.03. The van der Waals surface area contributed by atoms with Crippen LogP contribution in [0, 0.1) is 15.5 Å². The van der Waals surface area contributed by atoms with Crippen molar-refractivity contribution in [3.05, 3.63) is 40.6 Å². The molecule has 0 radical (unpaired) electrons. The Balaban J connectivity index is 2.31. The summed E-state index contributed by atoms with van der Waals surface area (Å²) in [5.41, 5.74) is 1.62. The van der Waals surface area contributed by atoms with Gasteiger partial charge in [-0.2, -0.15) is 0 Å². The summed E-state index contributed by atoms with van der Waals surface area (Å²) in [7, 11) is 0. The number of aromatic nitrogens is 1. The van der Waals surface area contributed by atoms with Gasteiger partial charge >= 0.3 is 0 Å². The van der Waals surface area contributed by atoms with E-state index in [9.17, 15) is 10.1 Å². The molecule has 2 rings (SSSR count). The minimum absolute atomic E-state index is 0.0435. The lowest BCUT2D eigenvalue weighted by atomic mass is 9.92. The minimum Gasteiger partial charge on any atom is -0.384 e. The number of non-ortho nitro benzene ring substituents is 1. The molecule has 1 aromatic heterocycles. The molecule has 0 aliphatic rings. The van der Waals surface area contributed by atoms with Crippen LogP contribution in [0.15, 0.2) is 30.5 Å². The van der Waals surface area contributed by atoms with Crippen molar-refractivity contribution in [3.8, 4) is 0 Å². The summed E-state index contributed by atoms with van der Waals surface area (Å²) in [6.07, 6.45) is 2.63. The van der Waals surface area contributed by atoms with Crippen molar-refractivity contribution in [1.29, 1.82) is 0 Å². The maximum atomic E-state index is 11.0. The second kappa shape index (κ2) is 5.45. The fraction of sp³-hybridized carbons (Fsp3) is 0.400. The number of nitrogens with zero attached hydrogens (tertiary/aromatic N) is 2. The summed E-state index contributed by atoms with van der Waals surface area (Å²) >= 11 is 0.